The molecule has 6 nitrogen and oxygen atoms in total. The van der Waals surface area contributed by atoms with Gasteiger partial charge in [0.15, 0.2) is 0 Å². The van der Waals surface area contributed by atoms with Crippen LogP contribution in [0.15, 0.2) is 24.3 Å². The van der Waals surface area contributed by atoms with E-state index in [9.17, 15) is 9.59 Å². The second kappa shape index (κ2) is 7.97. The summed E-state index contributed by atoms with van der Waals surface area (Å²) in [6, 6.07) is 6.67. The molecule has 1 aromatic carbocycles. The number of hydrogen-bond acceptors (Lipinski definition) is 4. The Morgan fingerprint density at radius 1 is 1.26 bits per heavy atom. The maximum Gasteiger partial charge on any atom is 0.323 e. The SMILES string of the molecule is CC(C)N(CC(=O)O)C(=O)c1ccc(OC2CCOCC2)cc1. The molecule has 6 heteroatoms. The number of rotatable bonds is 6. The second-order valence-electron chi connectivity index (χ2n) is 5.87. The largest absolute Gasteiger partial charge is 0.490 e. The lowest BCUT2D eigenvalue weighted by Crippen LogP contribution is -2.40. The highest BCUT2D eigenvalue weighted by atomic mass is 16.5. The number of hydrogen-bond donors (Lipinski definition) is 1. The molecule has 1 heterocycles. The van der Waals surface area contributed by atoms with Crippen molar-refractivity contribution in [2.75, 3.05) is 19.8 Å². The zero-order valence-corrected chi connectivity index (χ0v) is 13.5. The summed E-state index contributed by atoms with van der Waals surface area (Å²) < 4.78 is 11.2. The van der Waals surface area contributed by atoms with Gasteiger partial charge in [0, 0.05) is 24.4 Å². The summed E-state index contributed by atoms with van der Waals surface area (Å²) in [5.74, 6) is -0.602. The van der Waals surface area contributed by atoms with Gasteiger partial charge in [0.1, 0.15) is 18.4 Å². The summed E-state index contributed by atoms with van der Waals surface area (Å²) in [6.45, 7) is 4.70. The van der Waals surface area contributed by atoms with Crippen LogP contribution in [0, 0.1) is 0 Å². The molecule has 1 saturated heterocycles. The Bertz CT molecular complexity index is 534. The van der Waals surface area contributed by atoms with E-state index in [2.05, 4.69) is 0 Å². The van der Waals surface area contributed by atoms with Crippen molar-refractivity contribution in [3.05, 3.63) is 29.8 Å². The van der Waals surface area contributed by atoms with E-state index in [1.54, 1.807) is 38.1 Å². The van der Waals surface area contributed by atoms with Gasteiger partial charge in [-0.1, -0.05) is 0 Å². The van der Waals surface area contributed by atoms with Gasteiger partial charge in [-0.25, -0.2) is 0 Å². The number of carbonyl (C=O) groups excluding carboxylic acids is 1. The Kier molecular flexibility index (Phi) is 5.98. The van der Waals surface area contributed by atoms with E-state index < -0.39 is 5.97 Å². The molecule has 1 amide bonds. The average molecular weight is 321 g/mol. The van der Waals surface area contributed by atoms with E-state index in [1.807, 2.05) is 0 Å². The molecule has 0 atom stereocenters. The van der Waals surface area contributed by atoms with Gasteiger partial charge >= 0.3 is 5.97 Å². The molecule has 2 rings (SSSR count). The number of carboxylic acid groups (broad SMARTS) is 1. The predicted octanol–water partition coefficient (Wildman–Crippen LogP) is 2.18. The molecule has 0 spiro atoms. The fourth-order valence-electron chi connectivity index (χ4n) is 2.46. The van der Waals surface area contributed by atoms with E-state index in [0.29, 0.717) is 24.5 Å². The summed E-state index contributed by atoms with van der Waals surface area (Å²) >= 11 is 0. The number of ether oxygens (including phenoxy) is 2. The molecule has 0 aromatic heterocycles. The Balaban J connectivity index is 2.02. The summed E-state index contributed by atoms with van der Waals surface area (Å²) in [6.07, 6.45) is 1.87. The fraction of sp³-hybridized carbons (Fsp3) is 0.529. The minimum Gasteiger partial charge on any atom is -0.490 e. The van der Waals surface area contributed by atoms with Crippen molar-refractivity contribution in [3.8, 4) is 5.75 Å². The standard InChI is InChI=1S/C17H23NO5/c1-12(2)18(11-16(19)20)17(21)13-3-5-14(6-4-13)23-15-7-9-22-10-8-15/h3-6,12,15H,7-11H2,1-2H3,(H,19,20). The van der Waals surface area contributed by atoms with Gasteiger partial charge in [-0.2, -0.15) is 0 Å². The van der Waals surface area contributed by atoms with Crippen molar-refractivity contribution < 1.29 is 24.2 Å². The Labute approximate surface area is 136 Å². The van der Waals surface area contributed by atoms with Crippen LogP contribution in [0.3, 0.4) is 0 Å². The first kappa shape index (κ1) is 17.3. The molecule has 1 aliphatic heterocycles. The highest BCUT2D eigenvalue weighted by Gasteiger charge is 2.21. The topological polar surface area (TPSA) is 76.1 Å². The van der Waals surface area contributed by atoms with Crippen LogP contribution < -0.4 is 4.74 Å². The number of benzene rings is 1. The lowest BCUT2D eigenvalue weighted by molar-refractivity contribution is -0.138. The van der Waals surface area contributed by atoms with Gasteiger partial charge < -0.3 is 19.5 Å². The summed E-state index contributed by atoms with van der Waals surface area (Å²) in [5.41, 5.74) is 0.458. The summed E-state index contributed by atoms with van der Waals surface area (Å²) in [7, 11) is 0. The van der Waals surface area contributed by atoms with E-state index in [1.165, 1.54) is 4.90 Å². The van der Waals surface area contributed by atoms with E-state index >= 15 is 0 Å². The third-order valence-electron chi connectivity index (χ3n) is 3.76. The maximum absolute atomic E-state index is 12.4. The van der Waals surface area contributed by atoms with Gasteiger partial charge in [0.05, 0.1) is 13.2 Å². The van der Waals surface area contributed by atoms with Crippen LogP contribution in [0.4, 0.5) is 0 Å². The molecule has 126 valence electrons. The third-order valence-corrected chi connectivity index (χ3v) is 3.76. The van der Waals surface area contributed by atoms with Crippen molar-refractivity contribution in [2.24, 2.45) is 0 Å². The molecule has 1 fully saturated rings. The predicted molar refractivity (Wildman–Crippen MR) is 84.7 cm³/mol. The normalized spacial score (nSPS) is 15.4. The average Bonchev–Trinajstić information content (AvgIpc) is 2.53. The molecule has 0 bridgehead atoms. The smallest absolute Gasteiger partial charge is 0.323 e. The first-order chi connectivity index (χ1) is 11.0. The quantitative estimate of drug-likeness (QED) is 0.869. The van der Waals surface area contributed by atoms with Crippen LogP contribution in [-0.2, 0) is 9.53 Å². The third kappa shape index (κ3) is 4.96. The van der Waals surface area contributed by atoms with Crippen LogP contribution in [-0.4, -0.2) is 53.8 Å². The van der Waals surface area contributed by atoms with Crippen molar-refractivity contribution >= 4 is 11.9 Å². The summed E-state index contributed by atoms with van der Waals surface area (Å²) in [4.78, 5) is 24.7. The van der Waals surface area contributed by atoms with Crippen LogP contribution >= 0.6 is 0 Å². The van der Waals surface area contributed by atoms with Crippen molar-refractivity contribution in [3.63, 3.8) is 0 Å². The van der Waals surface area contributed by atoms with Crippen molar-refractivity contribution in [2.45, 2.75) is 38.8 Å². The molecular weight excluding hydrogens is 298 g/mol. The molecular formula is C17H23NO5. The molecule has 1 aromatic rings. The number of nitrogens with zero attached hydrogens (tertiary/aromatic N) is 1. The molecule has 23 heavy (non-hydrogen) atoms. The number of carbonyl (C=O) groups is 2. The molecule has 0 radical (unpaired) electrons. The maximum atomic E-state index is 12.4. The minimum atomic E-state index is -1.02. The number of amides is 1. The lowest BCUT2D eigenvalue weighted by Gasteiger charge is -2.25. The van der Waals surface area contributed by atoms with Crippen molar-refractivity contribution in [1.82, 2.24) is 4.90 Å². The molecule has 0 aliphatic carbocycles. The number of carboxylic acids is 1. The monoisotopic (exact) mass is 321 g/mol. The van der Waals surface area contributed by atoms with Gasteiger partial charge in [-0.05, 0) is 38.1 Å². The Morgan fingerprint density at radius 3 is 2.39 bits per heavy atom. The fourth-order valence-corrected chi connectivity index (χ4v) is 2.46. The minimum absolute atomic E-state index is 0.143. The van der Waals surface area contributed by atoms with Gasteiger partial charge in [-0.3, -0.25) is 9.59 Å². The molecule has 1 aliphatic rings. The zero-order chi connectivity index (χ0) is 16.8. The molecule has 1 N–H and O–H groups in total. The second-order valence-corrected chi connectivity index (χ2v) is 5.87. The van der Waals surface area contributed by atoms with E-state index in [0.717, 1.165) is 12.8 Å². The van der Waals surface area contributed by atoms with Crippen LogP contribution in [0.25, 0.3) is 0 Å². The van der Waals surface area contributed by atoms with Crippen LogP contribution in [0.2, 0.25) is 0 Å². The highest BCUT2D eigenvalue weighted by molar-refractivity contribution is 5.96. The lowest BCUT2D eigenvalue weighted by atomic mass is 10.1. The molecule has 0 saturated carbocycles. The van der Waals surface area contributed by atoms with Gasteiger partial charge in [-0.15, -0.1) is 0 Å². The molecule has 0 unspecified atom stereocenters. The Morgan fingerprint density at radius 2 is 1.87 bits per heavy atom. The van der Waals surface area contributed by atoms with Crippen molar-refractivity contribution in [1.29, 1.82) is 0 Å². The zero-order valence-electron chi connectivity index (χ0n) is 13.5. The van der Waals surface area contributed by atoms with Gasteiger partial charge in [0.25, 0.3) is 5.91 Å². The van der Waals surface area contributed by atoms with E-state index in [-0.39, 0.29) is 24.6 Å². The van der Waals surface area contributed by atoms with E-state index in [4.69, 9.17) is 14.6 Å². The number of aliphatic carboxylic acids is 1. The van der Waals surface area contributed by atoms with Crippen LogP contribution in [0.5, 0.6) is 5.75 Å². The van der Waals surface area contributed by atoms with Gasteiger partial charge in [0.2, 0.25) is 0 Å². The van der Waals surface area contributed by atoms with Crippen LogP contribution in [0.1, 0.15) is 37.0 Å². The first-order valence-corrected chi connectivity index (χ1v) is 7.84. The summed E-state index contributed by atoms with van der Waals surface area (Å²) in [5, 5.41) is 8.93. The Hall–Kier alpha value is -2.08. The first-order valence-electron chi connectivity index (χ1n) is 7.84. The highest BCUT2D eigenvalue weighted by Crippen LogP contribution is 2.19.